The van der Waals surface area contributed by atoms with E-state index < -0.39 is 21.5 Å². The van der Waals surface area contributed by atoms with Crippen molar-refractivity contribution in [3.63, 3.8) is 0 Å². The first-order valence-corrected chi connectivity index (χ1v) is 8.94. The Labute approximate surface area is 137 Å². The molecular weight excluding hydrogens is 312 g/mol. The first-order valence-electron chi connectivity index (χ1n) is 7.46. The quantitative estimate of drug-likeness (QED) is 0.881. The molecule has 0 saturated heterocycles. The van der Waals surface area contributed by atoms with Gasteiger partial charge in [-0.15, -0.1) is 0 Å². The molecule has 4 nitrogen and oxygen atoms in total. The zero-order valence-corrected chi connectivity index (χ0v) is 14.3. The lowest BCUT2D eigenvalue weighted by atomic mass is 9.99. The van der Waals surface area contributed by atoms with Gasteiger partial charge >= 0.3 is 0 Å². The third-order valence-electron chi connectivity index (χ3n) is 3.64. The summed E-state index contributed by atoms with van der Waals surface area (Å²) in [5.74, 6) is 0. The van der Waals surface area contributed by atoms with Crippen LogP contribution in [0, 0.1) is 0 Å². The zero-order chi connectivity index (χ0) is 17.3. The lowest BCUT2D eigenvalue weighted by Crippen LogP contribution is -2.15. The molecule has 1 unspecified atom stereocenters. The summed E-state index contributed by atoms with van der Waals surface area (Å²) in [6, 6.07) is 12.8. The van der Waals surface area contributed by atoms with Crippen LogP contribution in [0.3, 0.4) is 0 Å². The fourth-order valence-electron chi connectivity index (χ4n) is 2.32. The van der Waals surface area contributed by atoms with E-state index in [1.165, 1.54) is 12.1 Å². The number of hydrogen-bond acceptors (Lipinski definition) is 4. The van der Waals surface area contributed by atoms with E-state index in [0.29, 0.717) is 12.0 Å². The molecule has 0 aromatic heterocycles. The molecule has 2 aromatic rings. The van der Waals surface area contributed by atoms with Crippen molar-refractivity contribution in [2.24, 2.45) is 0 Å². The Morgan fingerprint density at radius 3 is 1.78 bits per heavy atom. The van der Waals surface area contributed by atoms with Crippen LogP contribution < -0.4 is 0 Å². The molecule has 0 aliphatic carbocycles. The molecule has 124 valence electrons. The van der Waals surface area contributed by atoms with Gasteiger partial charge in [0.25, 0.3) is 0 Å². The molecule has 0 aliphatic heterocycles. The number of hydrogen-bond donors (Lipinski definition) is 2. The van der Waals surface area contributed by atoms with E-state index in [2.05, 4.69) is 0 Å². The van der Waals surface area contributed by atoms with E-state index in [4.69, 9.17) is 0 Å². The van der Waals surface area contributed by atoms with Gasteiger partial charge in [0, 0.05) is 0 Å². The van der Waals surface area contributed by atoms with Gasteiger partial charge < -0.3 is 10.2 Å². The number of benzene rings is 2. The maximum absolute atomic E-state index is 12.6. The fourth-order valence-corrected chi connectivity index (χ4v) is 3.58. The average molecular weight is 334 g/mol. The van der Waals surface area contributed by atoms with Gasteiger partial charge in [0.2, 0.25) is 9.84 Å². The van der Waals surface area contributed by atoms with E-state index in [9.17, 15) is 18.6 Å². The lowest BCUT2D eigenvalue weighted by Gasteiger charge is -2.18. The molecule has 0 amide bonds. The third kappa shape index (κ3) is 4.19. The summed E-state index contributed by atoms with van der Waals surface area (Å²) in [6.07, 6.45) is 0.0208. The summed E-state index contributed by atoms with van der Waals surface area (Å²) in [4.78, 5) is 0.400. The smallest absolute Gasteiger partial charge is 0.206 e. The second kappa shape index (κ2) is 6.43. The normalized spacial score (nSPS) is 13.8. The zero-order valence-electron chi connectivity index (χ0n) is 13.5. The molecule has 0 fully saturated rings. The van der Waals surface area contributed by atoms with E-state index in [1.54, 1.807) is 57.2 Å². The van der Waals surface area contributed by atoms with Crippen LogP contribution >= 0.6 is 0 Å². The van der Waals surface area contributed by atoms with Gasteiger partial charge in [0.15, 0.2) is 0 Å². The van der Waals surface area contributed by atoms with Crippen molar-refractivity contribution < 1.29 is 18.6 Å². The molecule has 0 heterocycles. The maximum Gasteiger partial charge on any atom is 0.206 e. The molecule has 0 saturated carbocycles. The van der Waals surface area contributed by atoms with Crippen LogP contribution in [0.5, 0.6) is 0 Å². The Bertz CT molecular complexity index is 752. The highest BCUT2D eigenvalue weighted by Gasteiger charge is 2.20. The summed E-state index contributed by atoms with van der Waals surface area (Å²) in [5.41, 5.74) is 0.533. The first kappa shape index (κ1) is 17.7. The number of aliphatic hydroxyl groups is 2. The van der Waals surface area contributed by atoms with Gasteiger partial charge in [-0.05, 0) is 62.6 Å². The van der Waals surface area contributed by atoms with E-state index >= 15 is 0 Å². The number of aliphatic hydroxyl groups excluding tert-OH is 1. The summed E-state index contributed by atoms with van der Waals surface area (Å²) >= 11 is 0. The average Bonchev–Trinajstić information content (AvgIpc) is 2.46. The Morgan fingerprint density at radius 2 is 1.39 bits per heavy atom. The molecule has 23 heavy (non-hydrogen) atoms. The Hall–Kier alpha value is -1.69. The molecule has 2 rings (SSSR count). The minimum atomic E-state index is -3.59. The van der Waals surface area contributed by atoms with Gasteiger partial charge in [-0.25, -0.2) is 8.42 Å². The predicted octanol–water partition coefficient (Wildman–Crippen LogP) is 2.67. The van der Waals surface area contributed by atoms with Crippen molar-refractivity contribution >= 4 is 9.84 Å². The maximum atomic E-state index is 12.6. The minimum Gasteiger partial charge on any atom is -0.393 e. The van der Waals surface area contributed by atoms with E-state index in [1.807, 2.05) is 0 Å². The highest BCUT2D eigenvalue weighted by molar-refractivity contribution is 7.91. The van der Waals surface area contributed by atoms with Crippen molar-refractivity contribution in [1.29, 1.82) is 0 Å². The van der Waals surface area contributed by atoms with Crippen LogP contribution in [-0.2, 0) is 21.9 Å². The van der Waals surface area contributed by atoms with E-state index in [0.717, 1.165) is 5.56 Å². The molecule has 0 radical (unpaired) electrons. The lowest BCUT2D eigenvalue weighted by molar-refractivity contribution is 0.0785. The van der Waals surface area contributed by atoms with Crippen molar-refractivity contribution in [1.82, 2.24) is 0 Å². The monoisotopic (exact) mass is 334 g/mol. The molecule has 5 heteroatoms. The Morgan fingerprint density at radius 1 is 0.957 bits per heavy atom. The Balaban J connectivity index is 2.31. The second-order valence-electron chi connectivity index (χ2n) is 6.28. The molecule has 0 bridgehead atoms. The molecule has 2 N–H and O–H groups in total. The van der Waals surface area contributed by atoms with Crippen molar-refractivity contribution in [3.05, 3.63) is 59.7 Å². The summed E-state index contributed by atoms with van der Waals surface area (Å²) in [5, 5.41) is 19.3. The SMILES string of the molecule is CC(O)Cc1ccc(S(=O)(=O)c2ccc(C(C)(C)O)cc2)cc1. The van der Waals surface area contributed by atoms with Gasteiger partial charge in [0.1, 0.15) is 0 Å². The summed E-state index contributed by atoms with van der Waals surface area (Å²) in [6.45, 7) is 4.99. The largest absolute Gasteiger partial charge is 0.393 e. The molecule has 1 atom stereocenters. The topological polar surface area (TPSA) is 74.6 Å². The highest BCUT2D eigenvalue weighted by atomic mass is 32.2. The molecule has 0 aliphatic rings. The molecule has 0 spiro atoms. The van der Waals surface area contributed by atoms with Crippen LogP contribution in [0.4, 0.5) is 0 Å². The molecular formula is C18H22O4S. The van der Waals surface area contributed by atoms with Crippen molar-refractivity contribution in [3.8, 4) is 0 Å². The van der Waals surface area contributed by atoms with Crippen LogP contribution in [-0.4, -0.2) is 24.7 Å². The minimum absolute atomic E-state index is 0.189. The van der Waals surface area contributed by atoms with Crippen LogP contribution in [0.15, 0.2) is 58.3 Å². The van der Waals surface area contributed by atoms with Crippen LogP contribution in [0.25, 0.3) is 0 Å². The van der Waals surface area contributed by atoms with Gasteiger partial charge in [-0.1, -0.05) is 24.3 Å². The summed E-state index contributed by atoms with van der Waals surface area (Å²) < 4.78 is 25.2. The Kier molecular flexibility index (Phi) is 4.94. The second-order valence-corrected chi connectivity index (χ2v) is 8.23. The number of rotatable bonds is 5. The van der Waals surface area contributed by atoms with Crippen molar-refractivity contribution in [2.75, 3.05) is 0 Å². The fraction of sp³-hybridized carbons (Fsp3) is 0.333. The van der Waals surface area contributed by atoms with Crippen LogP contribution in [0.1, 0.15) is 31.9 Å². The standard InChI is InChI=1S/C18H22O4S/c1-13(19)12-14-4-8-16(9-5-14)23(21,22)17-10-6-15(7-11-17)18(2,3)20/h4-11,13,19-20H,12H2,1-3H3. The first-order chi connectivity index (χ1) is 10.6. The van der Waals surface area contributed by atoms with Gasteiger partial charge in [-0.3, -0.25) is 0 Å². The molecule has 2 aromatic carbocycles. The van der Waals surface area contributed by atoms with Gasteiger partial charge in [0.05, 0.1) is 21.5 Å². The predicted molar refractivity (Wildman–Crippen MR) is 89.0 cm³/mol. The third-order valence-corrected chi connectivity index (χ3v) is 5.42. The van der Waals surface area contributed by atoms with Gasteiger partial charge in [-0.2, -0.15) is 0 Å². The highest BCUT2D eigenvalue weighted by Crippen LogP contribution is 2.25. The summed E-state index contributed by atoms with van der Waals surface area (Å²) in [7, 11) is -3.59. The number of sulfone groups is 1. The van der Waals surface area contributed by atoms with Crippen LogP contribution in [0.2, 0.25) is 0 Å². The van der Waals surface area contributed by atoms with E-state index in [-0.39, 0.29) is 9.79 Å². The van der Waals surface area contributed by atoms with Crippen molar-refractivity contribution in [2.45, 2.75) is 48.7 Å².